The molecule has 1 aliphatic heterocycles. The summed E-state index contributed by atoms with van der Waals surface area (Å²) in [7, 11) is -17.6. The van der Waals surface area contributed by atoms with Crippen molar-refractivity contribution >= 4 is 80.7 Å². The number of amides is 2. The number of imidazole rings is 1. The Bertz CT molecular complexity index is 1890. The molecular weight excluding hydrogens is 903 g/mol. The van der Waals surface area contributed by atoms with Gasteiger partial charge in [-0.2, -0.15) is 0 Å². The lowest BCUT2D eigenvalue weighted by Gasteiger charge is -2.36. The van der Waals surface area contributed by atoms with Gasteiger partial charge in [0.2, 0.25) is 11.8 Å². The van der Waals surface area contributed by atoms with Crippen LogP contribution in [0.4, 0.5) is 5.82 Å². The molecule has 0 saturated carbocycles. The molecule has 29 heteroatoms. The van der Waals surface area contributed by atoms with E-state index in [1.807, 2.05) is 0 Å². The lowest BCUT2D eigenvalue weighted by Crippen LogP contribution is -2.46. The van der Waals surface area contributed by atoms with Crippen molar-refractivity contribution in [3.05, 3.63) is 12.7 Å². The number of aliphatic hydroxyl groups is 2. The standard InChI is InChI=1S/C31H53ClN7O17P3S/c1-4-5-8-19(32)9-6-7-10-22(41)60-14-13-34-21(40)11-12-35-29(44)26(43)31(2,3)16-53-59(50,51)56-58(48,49)52-15-20-25(55-57(45,46)47)24(42)30(54-20)39-18-38-23-27(33)36-17-37-28(23)39/h17-20,24-26,30,42-43H,4-16H2,1-3H3,(H,34,40)(H,35,44)(H,48,49)(H,50,51)(H2,33,36,37)(H2,45,46,47)/p-4/t19?,20-,24-,25-,26+,30-/m1/s1. The zero-order valence-corrected chi connectivity index (χ0v) is 37.1. The maximum Gasteiger partial charge on any atom is 0.274 e. The molecule has 3 rings (SSSR count). The second kappa shape index (κ2) is 23.5. The van der Waals surface area contributed by atoms with Crippen LogP contribution in [0.3, 0.4) is 0 Å². The molecule has 0 aromatic carbocycles. The molecule has 342 valence electrons. The van der Waals surface area contributed by atoms with E-state index in [1.54, 1.807) is 0 Å². The van der Waals surface area contributed by atoms with E-state index in [2.05, 4.69) is 50.4 Å². The van der Waals surface area contributed by atoms with E-state index in [1.165, 1.54) is 13.8 Å². The number of carbonyl (C=O) groups is 3. The number of nitrogens with zero attached hydrogens (tertiary/aromatic N) is 4. The molecule has 1 saturated heterocycles. The highest BCUT2D eigenvalue weighted by Crippen LogP contribution is 2.56. The number of phosphoric acid groups is 3. The molecule has 0 aliphatic carbocycles. The number of hydrogen-bond donors (Lipinski definition) is 5. The Morgan fingerprint density at radius 1 is 1.03 bits per heavy atom. The minimum Gasteiger partial charge on any atom is -0.790 e. The normalized spacial score (nSPS) is 21.6. The van der Waals surface area contributed by atoms with Crippen LogP contribution in [0.2, 0.25) is 0 Å². The van der Waals surface area contributed by atoms with Crippen LogP contribution >= 0.6 is 46.8 Å². The van der Waals surface area contributed by atoms with Gasteiger partial charge in [0.1, 0.15) is 36.3 Å². The number of aromatic nitrogens is 4. The largest absolute Gasteiger partial charge is 0.790 e. The average Bonchev–Trinajstić information content (AvgIpc) is 3.72. The minimum absolute atomic E-state index is 0.00422. The predicted octanol–water partition coefficient (Wildman–Crippen LogP) is -0.505. The van der Waals surface area contributed by atoms with Crippen LogP contribution < -0.4 is 35.9 Å². The van der Waals surface area contributed by atoms with Crippen LogP contribution in [0, 0.1) is 5.41 Å². The highest BCUT2D eigenvalue weighted by atomic mass is 35.5. The number of ether oxygens (including phenoxy) is 1. The SMILES string of the molecule is CCCCC(Cl)CCCCC(=O)SCCNC(=O)CCNC(=O)[C@H](O)C(C)(C)COP(=O)([O-])OP(=O)([O-])OC[C@H]1O[C@@H](n2cnc3c(N)ncnc32)[C@H](O)[C@@H]1OP(=O)([O-])[O-]. The Morgan fingerprint density at radius 2 is 1.72 bits per heavy atom. The quantitative estimate of drug-likeness (QED) is 0.0428. The molecule has 0 radical (unpaired) electrons. The predicted molar refractivity (Wildman–Crippen MR) is 206 cm³/mol. The van der Waals surface area contributed by atoms with Gasteiger partial charge in [0.05, 0.1) is 27.4 Å². The van der Waals surface area contributed by atoms with Gasteiger partial charge in [-0.25, -0.2) is 19.3 Å². The molecule has 0 bridgehead atoms. The fourth-order valence-corrected chi connectivity index (χ4v) is 9.31. The van der Waals surface area contributed by atoms with Crippen molar-refractivity contribution in [2.24, 2.45) is 5.41 Å². The Hall–Kier alpha value is -2.15. The number of fused-ring (bicyclic) bond motifs is 1. The van der Waals surface area contributed by atoms with E-state index in [9.17, 15) is 57.9 Å². The van der Waals surface area contributed by atoms with Crippen molar-refractivity contribution in [3.8, 4) is 0 Å². The Morgan fingerprint density at radius 3 is 2.40 bits per heavy atom. The molecule has 2 aromatic heterocycles. The number of nitrogens with one attached hydrogen (secondary N) is 2. The third kappa shape index (κ3) is 17.2. The highest BCUT2D eigenvalue weighted by Gasteiger charge is 2.47. The molecule has 2 aromatic rings. The first-order chi connectivity index (χ1) is 27.9. The number of nitrogens with two attached hydrogens (primary N) is 1. The Kier molecular flexibility index (Phi) is 20.5. The van der Waals surface area contributed by atoms with Gasteiger partial charge in [0.25, 0.3) is 15.6 Å². The number of alkyl halides is 1. The summed E-state index contributed by atoms with van der Waals surface area (Å²) < 4.78 is 60.6. The van der Waals surface area contributed by atoms with Crippen LogP contribution in [0.1, 0.15) is 78.4 Å². The monoisotopic (exact) mass is 951 g/mol. The van der Waals surface area contributed by atoms with Crippen LogP contribution in [0.15, 0.2) is 12.7 Å². The van der Waals surface area contributed by atoms with Gasteiger partial charge in [-0.3, -0.25) is 28.1 Å². The number of thioether (sulfide) groups is 1. The average molecular weight is 952 g/mol. The summed E-state index contributed by atoms with van der Waals surface area (Å²) in [5.74, 6) is -1.19. The summed E-state index contributed by atoms with van der Waals surface area (Å²) in [6.07, 6.45) is -1.63. The summed E-state index contributed by atoms with van der Waals surface area (Å²) >= 11 is 7.36. The molecule has 24 nitrogen and oxygen atoms in total. The van der Waals surface area contributed by atoms with E-state index < -0.39 is 84.6 Å². The van der Waals surface area contributed by atoms with E-state index in [-0.39, 0.29) is 47.0 Å². The van der Waals surface area contributed by atoms with Crippen molar-refractivity contribution in [2.45, 2.75) is 108 Å². The Labute approximate surface area is 354 Å². The van der Waals surface area contributed by atoms with Crippen molar-refractivity contribution in [1.82, 2.24) is 30.2 Å². The molecule has 0 spiro atoms. The molecule has 60 heavy (non-hydrogen) atoms. The molecular formula is C31H49ClN7O17P3S-4. The number of aliphatic hydroxyl groups excluding tert-OH is 2. The zero-order valence-electron chi connectivity index (χ0n) is 32.8. The summed E-state index contributed by atoms with van der Waals surface area (Å²) in [5, 5.41) is 26.4. The zero-order chi connectivity index (χ0) is 44.9. The second-order valence-corrected chi connectivity index (χ2v) is 20.0. The maximum atomic E-state index is 12.6. The number of carbonyl (C=O) groups excluding carboxylic acids is 3. The molecule has 1 aliphatic rings. The fraction of sp³-hybridized carbons (Fsp3) is 0.742. The number of hydrogen-bond acceptors (Lipinski definition) is 22. The number of phosphoric ester groups is 3. The van der Waals surface area contributed by atoms with Crippen LogP contribution in [0.25, 0.3) is 11.2 Å². The van der Waals surface area contributed by atoms with E-state index in [4.69, 9.17) is 22.1 Å². The number of nitrogen functional groups attached to an aromatic ring is 1. The number of rotatable bonds is 27. The smallest absolute Gasteiger partial charge is 0.274 e. The molecule has 1 fully saturated rings. The number of unbranched alkanes of at least 4 members (excludes halogenated alkanes) is 2. The van der Waals surface area contributed by atoms with Gasteiger partial charge in [-0.15, -0.1) is 11.6 Å². The fourth-order valence-electron chi connectivity index (χ4n) is 5.55. The van der Waals surface area contributed by atoms with Crippen molar-refractivity contribution in [3.63, 3.8) is 0 Å². The number of anilines is 1. The minimum atomic E-state index is -5.92. The summed E-state index contributed by atoms with van der Waals surface area (Å²) in [6.45, 7) is 2.21. The van der Waals surface area contributed by atoms with Crippen LogP contribution in [-0.4, -0.2) is 109 Å². The third-order valence-electron chi connectivity index (χ3n) is 8.76. The first-order valence-electron chi connectivity index (χ1n) is 18.6. The summed E-state index contributed by atoms with van der Waals surface area (Å²) in [4.78, 5) is 96.4. The molecule has 3 unspecified atom stereocenters. The van der Waals surface area contributed by atoms with E-state index in [0.717, 1.165) is 67.5 Å². The van der Waals surface area contributed by atoms with E-state index >= 15 is 0 Å². The lowest BCUT2D eigenvalue weighted by molar-refractivity contribution is -0.347. The summed E-state index contributed by atoms with van der Waals surface area (Å²) in [5.41, 5.74) is 4.07. The van der Waals surface area contributed by atoms with Crippen LogP contribution in [0.5, 0.6) is 0 Å². The third-order valence-corrected chi connectivity index (χ3v) is 13.1. The molecule has 3 heterocycles. The van der Waals surface area contributed by atoms with Gasteiger partial charge < -0.3 is 69.0 Å². The van der Waals surface area contributed by atoms with Gasteiger partial charge in [0, 0.05) is 42.5 Å². The van der Waals surface area contributed by atoms with E-state index in [0.29, 0.717) is 12.2 Å². The first kappa shape index (κ1) is 52.2. The first-order valence-corrected chi connectivity index (χ1v) is 24.4. The van der Waals surface area contributed by atoms with Gasteiger partial charge in [-0.1, -0.05) is 51.8 Å². The molecule has 2 amide bonds. The lowest BCUT2D eigenvalue weighted by atomic mass is 9.87. The maximum absolute atomic E-state index is 12.6. The van der Waals surface area contributed by atoms with Crippen molar-refractivity contribution in [1.29, 1.82) is 0 Å². The van der Waals surface area contributed by atoms with Crippen molar-refractivity contribution < 1.29 is 80.5 Å². The van der Waals surface area contributed by atoms with Crippen LogP contribution in [-0.2, 0) is 50.7 Å². The molecule has 8 atom stereocenters. The van der Waals surface area contributed by atoms with Crippen molar-refractivity contribution in [2.75, 3.05) is 37.8 Å². The highest BCUT2D eigenvalue weighted by molar-refractivity contribution is 8.13. The van der Waals surface area contributed by atoms with Gasteiger partial charge in [-0.05, 0) is 19.3 Å². The van der Waals surface area contributed by atoms with Gasteiger partial charge >= 0.3 is 0 Å². The summed E-state index contributed by atoms with van der Waals surface area (Å²) in [6, 6.07) is 0. The van der Waals surface area contributed by atoms with Gasteiger partial charge in [0.15, 0.2) is 22.8 Å². The topological polar surface area (TPSA) is 375 Å². The second-order valence-electron chi connectivity index (χ2n) is 14.2. The molecule has 6 N–H and O–H groups in total. The Balaban J connectivity index is 1.41. The number of halogens is 1.